The molecule has 1 aliphatic rings. The third kappa shape index (κ3) is 2.54. The molecule has 2 rings (SSSR count). The van der Waals surface area contributed by atoms with E-state index < -0.39 is 0 Å². The minimum atomic E-state index is -0.0409. The summed E-state index contributed by atoms with van der Waals surface area (Å²) in [4.78, 5) is 14.2. The zero-order valence-electron chi connectivity index (χ0n) is 10.6. The lowest BCUT2D eigenvalue weighted by Gasteiger charge is -2.35. The van der Waals surface area contributed by atoms with E-state index in [4.69, 9.17) is 9.84 Å². The van der Waals surface area contributed by atoms with Crippen molar-refractivity contribution in [2.45, 2.75) is 18.9 Å². The zero-order chi connectivity index (χ0) is 13.0. The third-order valence-electron chi connectivity index (χ3n) is 3.39. The third-order valence-corrected chi connectivity index (χ3v) is 3.39. The van der Waals surface area contributed by atoms with Crippen LogP contribution >= 0.6 is 0 Å². The number of hydrogen-bond donors (Lipinski definition) is 1. The summed E-state index contributed by atoms with van der Waals surface area (Å²) in [6.07, 6.45) is 1.43. The van der Waals surface area contributed by atoms with E-state index in [0.717, 1.165) is 17.5 Å². The second kappa shape index (κ2) is 5.98. The van der Waals surface area contributed by atoms with Gasteiger partial charge in [0.25, 0.3) is 5.91 Å². The number of aliphatic hydroxyl groups is 1. The number of aliphatic hydroxyl groups excluding tert-OH is 1. The Labute approximate surface area is 107 Å². The van der Waals surface area contributed by atoms with E-state index in [2.05, 4.69) is 0 Å². The number of amides is 1. The smallest absolute Gasteiger partial charge is 0.254 e. The van der Waals surface area contributed by atoms with Crippen LogP contribution < -0.4 is 0 Å². The van der Waals surface area contributed by atoms with Crippen LogP contribution in [0.25, 0.3) is 0 Å². The maximum Gasteiger partial charge on any atom is 0.254 e. The SMILES string of the molecule is COCC(CCO)N1CCc2ccccc2C1=O. The molecule has 4 heteroatoms. The standard InChI is InChI=1S/C14H19NO3/c1-18-10-12(7-9-16)15-8-6-11-4-2-3-5-13(11)14(15)17/h2-5,12,16H,6-10H2,1H3. The molecule has 0 saturated carbocycles. The molecule has 1 aromatic rings. The van der Waals surface area contributed by atoms with Crippen molar-refractivity contribution in [1.29, 1.82) is 0 Å². The normalized spacial score (nSPS) is 16.6. The van der Waals surface area contributed by atoms with Gasteiger partial charge in [-0.05, 0) is 24.5 Å². The van der Waals surface area contributed by atoms with E-state index in [1.54, 1.807) is 7.11 Å². The summed E-state index contributed by atoms with van der Waals surface area (Å²) in [5.74, 6) is 0.0485. The summed E-state index contributed by atoms with van der Waals surface area (Å²) in [6, 6.07) is 7.68. The quantitative estimate of drug-likeness (QED) is 0.849. The van der Waals surface area contributed by atoms with Crippen LogP contribution in [0.2, 0.25) is 0 Å². The zero-order valence-corrected chi connectivity index (χ0v) is 10.6. The van der Waals surface area contributed by atoms with Gasteiger partial charge in [-0.15, -0.1) is 0 Å². The molecule has 1 N–H and O–H groups in total. The van der Waals surface area contributed by atoms with Crippen molar-refractivity contribution in [1.82, 2.24) is 4.90 Å². The van der Waals surface area contributed by atoms with Gasteiger partial charge >= 0.3 is 0 Å². The fourth-order valence-corrected chi connectivity index (χ4v) is 2.46. The maximum absolute atomic E-state index is 12.4. The lowest BCUT2D eigenvalue weighted by atomic mass is 9.97. The number of hydrogen-bond acceptors (Lipinski definition) is 3. The first-order valence-electron chi connectivity index (χ1n) is 6.26. The second-order valence-corrected chi connectivity index (χ2v) is 4.53. The molecule has 1 aliphatic heterocycles. The van der Waals surface area contributed by atoms with Crippen molar-refractivity contribution in [3.63, 3.8) is 0 Å². The van der Waals surface area contributed by atoms with Gasteiger partial charge in [0.15, 0.2) is 0 Å². The number of carbonyl (C=O) groups excluding carboxylic acids is 1. The highest BCUT2D eigenvalue weighted by molar-refractivity contribution is 5.96. The molecule has 0 aromatic heterocycles. The first-order valence-corrected chi connectivity index (χ1v) is 6.26. The van der Waals surface area contributed by atoms with E-state index in [-0.39, 0.29) is 18.6 Å². The van der Waals surface area contributed by atoms with Gasteiger partial charge in [-0.1, -0.05) is 18.2 Å². The Balaban J connectivity index is 2.19. The number of benzene rings is 1. The predicted molar refractivity (Wildman–Crippen MR) is 68.5 cm³/mol. The van der Waals surface area contributed by atoms with Crippen LogP contribution in [0.4, 0.5) is 0 Å². The molecule has 1 amide bonds. The highest BCUT2D eigenvalue weighted by atomic mass is 16.5. The van der Waals surface area contributed by atoms with Gasteiger partial charge in [0.1, 0.15) is 0 Å². The number of carbonyl (C=O) groups is 1. The van der Waals surface area contributed by atoms with Gasteiger partial charge in [0, 0.05) is 25.8 Å². The predicted octanol–water partition coefficient (Wildman–Crippen LogP) is 1.08. The highest BCUT2D eigenvalue weighted by Crippen LogP contribution is 2.21. The van der Waals surface area contributed by atoms with E-state index in [0.29, 0.717) is 19.6 Å². The van der Waals surface area contributed by atoms with Gasteiger partial charge < -0.3 is 14.7 Å². The van der Waals surface area contributed by atoms with Crippen molar-refractivity contribution in [3.05, 3.63) is 35.4 Å². The lowest BCUT2D eigenvalue weighted by Crippen LogP contribution is -2.47. The minimum Gasteiger partial charge on any atom is -0.396 e. The molecule has 1 unspecified atom stereocenters. The molecule has 0 saturated heterocycles. The monoisotopic (exact) mass is 249 g/mol. The van der Waals surface area contributed by atoms with Crippen molar-refractivity contribution in [2.24, 2.45) is 0 Å². The van der Waals surface area contributed by atoms with Gasteiger partial charge in [0.05, 0.1) is 12.6 Å². The maximum atomic E-state index is 12.4. The molecule has 0 fully saturated rings. The topological polar surface area (TPSA) is 49.8 Å². The molecule has 4 nitrogen and oxygen atoms in total. The summed E-state index contributed by atoms with van der Waals surface area (Å²) >= 11 is 0. The van der Waals surface area contributed by atoms with Gasteiger partial charge in [-0.25, -0.2) is 0 Å². The first kappa shape index (κ1) is 13.1. The molecule has 0 bridgehead atoms. The van der Waals surface area contributed by atoms with Gasteiger partial charge in [-0.2, -0.15) is 0 Å². The Morgan fingerprint density at radius 2 is 2.22 bits per heavy atom. The molecule has 0 spiro atoms. The Kier molecular flexibility index (Phi) is 4.33. The summed E-state index contributed by atoms with van der Waals surface area (Å²) in [5.41, 5.74) is 1.89. The summed E-state index contributed by atoms with van der Waals surface area (Å²) in [5, 5.41) is 9.08. The van der Waals surface area contributed by atoms with Crippen LogP contribution in [0.5, 0.6) is 0 Å². The fraction of sp³-hybridized carbons (Fsp3) is 0.500. The van der Waals surface area contributed by atoms with Crippen LogP contribution in [0, 0.1) is 0 Å². The Hall–Kier alpha value is -1.39. The molecule has 1 aromatic carbocycles. The molecule has 98 valence electrons. The van der Waals surface area contributed by atoms with E-state index in [1.807, 2.05) is 29.2 Å². The van der Waals surface area contributed by atoms with E-state index in [1.165, 1.54) is 0 Å². The summed E-state index contributed by atoms with van der Waals surface area (Å²) in [6.45, 7) is 1.23. The average molecular weight is 249 g/mol. The Morgan fingerprint density at radius 1 is 1.44 bits per heavy atom. The minimum absolute atomic E-state index is 0.0409. The fourth-order valence-electron chi connectivity index (χ4n) is 2.46. The lowest BCUT2D eigenvalue weighted by molar-refractivity contribution is 0.0455. The first-order chi connectivity index (χ1) is 8.77. The molecule has 0 aliphatic carbocycles. The number of methoxy groups -OCH3 is 1. The van der Waals surface area contributed by atoms with Crippen LogP contribution in [0.3, 0.4) is 0 Å². The summed E-state index contributed by atoms with van der Waals surface area (Å²) < 4.78 is 5.14. The second-order valence-electron chi connectivity index (χ2n) is 4.53. The van der Waals surface area contributed by atoms with Gasteiger partial charge in [0.2, 0.25) is 0 Å². The number of ether oxygens (including phenoxy) is 1. The van der Waals surface area contributed by atoms with Crippen molar-refractivity contribution in [2.75, 3.05) is 26.9 Å². The number of rotatable bonds is 5. The van der Waals surface area contributed by atoms with Crippen molar-refractivity contribution >= 4 is 5.91 Å². The molecule has 18 heavy (non-hydrogen) atoms. The molecular weight excluding hydrogens is 230 g/mol. The van der Waals surface area contributed by atoms with Crippen LogP contribution in [-0.2, 0) is 11.2 Å². The van der Waals surface area contributed by atoms with Crippen LogP contribution in [0.1, 0.15) is 22.3 Å². The Bertz CT molecular complexity index is 413. The number of fused-ring (bicyclic) bond motifs is 1. The molecule has 0 radical (unpaired) electrons. The van der Waals surface area contributed by atoms with Crippen LogP contribution in [-0.4, -0.2) is 48.8 Å². The molecular formula is C14H19NO3. The molecule has 1 heterocycles. The van der Waals surface area contributed by atoms with E-state index >= 15 is 0 Å². The largest absolute Gasteiger partial charge is 0.396 e. The highest BCUT2D eigenvalue weighted by Gasteiger charge is 2.29. The van der Waals surface area contributed by atoms with Crippen LogP contribution in [0.15, 0.2) is 24.3 Å². The van der Waals surface area contributed by atoms with Gasteiger partial charge in [-0.3, -0.25) is 4.79 Å². The molecule has 1 atom stereocenters. The van der Waals surface area contributed by atoms with Crippen molar-refractivity contribution in [3.8, 4) is 0 Å². The van der Waals surface area contributed by atoms with E-state index in [9.17, 15) is 4.79 Å². The average Bonchev–Trinajstić information content (AvgIpc) is 2.39. The summed E-state index contributed by atoms with van der Waals surface area (Å²) in [7, 11) is 1.62. The van der Waals surface area contributed by atoms with Crippen molar-refractivity contribution < 1.29 is 14.6 Å². The Morgan fingerprint density at radius 3 is 2.94 bits per heavy atom. The number of nitrogens with zero attached hydrogens (tertiary/aromatic N) is 1.